The van der Waals surface area contributed by atoms with E-state index in [9.17, 15) is 0 Å². The molecule has 0 aromatic heterocycles. The zero-order valence-electron chi connectivity index (χ0n) is 7.58. The average Bonchev–Trinajstić information content (AvgIpc) is 1.94. The summed E-state index contributed by atoms with van der Waals surface area (Å²) in [5.41, 5.74) is 0. The maximum Gasteiger partial charge on any atom is 0.288 e. The van der Waals surface area contributed by atoms with Gasteiger partial charge in [0.25, 0.3) is 5.97 Å². The molecule has 0 unspecified atom stereocenters. The first kappa shape index (κ1) is 11.8. The molecule has 4 N–H and O–H groups in total. The Balaban J connectivity index is 3.01. The van der Waals surface area contributed by atoms with Crippen LogP contribution in [0.1, 0.15) is 32.6 Å². The van der Waals surface area contributed by atoms with E-state index in [-0.39, 0.29) is 6.54 Å². The van der Waals surface area contributed by atoms with Gasteiger partial charge < -0.3 is 20.6 Å². The quantitative estimate of drug-likeness (QED) is 0.321. The molecule has 0 saturated heterocycles. The largest absolute Gasteiger partial charge is 0.343 e. The van der Waals surface area contributed by atoms with Crippen LogP contribution in [0.2, 0.25) is 0 Å². The van der Waals surface area contributed by atoms with E-state index in [2.05, 4.69) is 12.2 Å². The van der Waals surface area contributed by atoms with Crippen molar-refractivity contribution in [3.63, 3.8) is 0 Å². The third-order valence-corrected chi connectivity index (χ3v) is 1.57. The van der Waals surface area contributed by atoms with E-state index in [1.54, 1.807) is 0 Å². The molecule has 0 spiro atoms. The second-order valence-corrected chi connectivity index (χ2v) is 3.01. The predicted molar refractivity (Wildman–Crippen MR) is 46.4 cm³/mol. The normalized spacial score (nSPS) is 12.0. The molecule has 0 radical (unpaired) electrons. The number of aliphatic hydroxyl groups is 3. The third kappa shape index (κ3) is 9.84. The van der Waals surface area contributed by atoms with Gasteiger partial charge in [-0.1, -0.05) is 26.2 Å². The van der Waals surface area contributed by atoms with Crippen molar-refractivity contribution >= 4 is 0 Å². The van der Waals surface area contributed by atoms with Crippen LogP contribution >= 0.6 is 0 Å². The highest BCUT2D eigenvalue weighted by Crippen LogP contribution is 1.97. The predicted octanol–water partition coefficient (Wildman–Crippen LogP) is -0.213. The van der Waals surface area contributed by atoms with Gasteiger partial charge in [0.15, 0.2) is 0 Å². The van der Waals surface area contributed by atoms with E-state index in [0.29, 0.717) is 6.54 Å². The van der Waals surface area contributed by atoms with Gasteiger partial charge in [-0.25, -0.2) is 0 Å². The molecule has 0 aromatic rings. The van der Waals surface area contributed by atoms with Crippen molar-refractivity contribution in [1.29, 1.82) is 0 Å². The van der Waals surface area contributed by atoms with Crippen LogP contribution in [-0.4, -0.2) is 34.4 Å². The minimum Gasteiger partial charge on any atom is -0.343 e. The lowest BCUT2D eigenvalue weighted by molar-refractivity contribution is -0.306. The molecule has 0 rings (SSSR count). The molecular formula is C8H19NO3. The lowest BCUT2D eigenvalue weighted by Crippen LogP contribution is -2.40. The van der Waals surface area contributed by atoms with Crippen LogP contribution in [0.4, 0.5) is 0 Å². The second-order valence-electron chi connectivity index (χ2n) is 3.01. The molecular weight excluding hydrogens is 158 g/mol. The van der Waals surface area contributed by atoms with Crippen molar-refractivity contribution in [3.05, 3.63) is 0 Å². The molecule has 0 aromatic carbocycles. The molecule has 4 heteroatoms. The van der Waals surface area contributed by atoms with Crippen LogP contribution in [0, 0.1) is 0 Å². The Morgan fingerprint density at radius 1 is 1.08 bits per heavy atom. The molecule has 0 saturated carbocycles. The van der Waals surface area contributed by atoms with Gasteiger partial charge in [-0.15, -0.1) is 0 Å². The Labute approximate surface area is 73.2 Å². The Morgan fingerprint density at radius 3 is 2.25 bits per heavy atom. The smallest absolute Gasteiger partial charge is 0.288 e. The Morgan fingerprint density at radius 2 is 1.75 bits per heavy atom. The lowest BCUT2D eigenvalue weighted by Gasteiger charge is -2.14. The molecule has 0 aliphatic carbocycles. The van der Waals surface area contributed by atoms with E-state index < -0.39 is 5.97 Å². The molecule has 0 aliphatic rings. The van der Waals surface area contributed by atoms with Crippen LogP contribution in [-0.2, 0) is 0 Å². The van der Waals surface area contributed by atoms with E-state index >= 15 is 0 Å². The van der Waals surface area contributed by atoms with Gasteiger partial charge in [0.1, 0.15) is 0 Å². The first-order chi connectivity index (χ1) is 5.56. The van der Waals surface area contributed by atoms with Crippen LogP contribution in [0.25, 0.3) is 0 Å². The number of unbranched alkanes of at least 4 members (excludes halogenated alkanes) is 3. The van der Waals surface area contributed by atoms with Crippen molar-refractivity contribution in [2.45, 2.75) is 38.6 Å². The second kappa shape index (κ2) is 6.37. The maximum atomic E-state index is 8.47. The fourth-order valence-corrected chi connectivity index (χ4v) is 0.933. The first-order valence-corrected chi connectivity index (χ1v) is 4.44. The molecule has 0 bridgehead atoms. The first-order valence-electron chi connectivity index (χ1n) is 4.44. The summed E-state index contributed by atoms with van der Waals surface area (Å²) in [6.07, 6.45) is 4.52. The van der Waals surface area contributed by atoms with Crippen LogP contribution in [0.5, 0.6) is 0 Å². The maximum absolute atomic E-state index is 8.47. The van der Waals surface area contributed by atoms with Crippen molar-refractivity contribution in [2.75, 3.05) is 13.1 Å². The zero-order valence-corrected chi connectivity index (χ0v) is 7.58. The van der Waals surface area contributed by atoms with Gasteiger partial charge in [0.2, 0.25) is 0 Å². The molecule has 0 aliphatic heterocycles. The van der Waals surface area contributed by atoms with E-state index in [0.717, 1.165) is 12.8 Å². The Hall–Kier alpha value is -0.160. The summed E-state index contributed by atoms with van der Waals surface area (Å²) in [4.78, 5) is 0. The minimum absolute atomic E-state index is 0.195. The SMILES string of the molecule is CCCCCCNCC(O)(O)O. The molecule has 4 nitrogen and oxygen atoms in total. The molecule has 0 heterocycles. The summed E-state index contributed by atoms with van der Waals surface area (Å²) >= 11 is 0. The van der Waals surface area contributed by atoms with Crippen LogP contribution in [0.3, 0.4) is 0 Å². The lowest BCUT2D eigenvalue weighted by atomic mass is 10.2. The highest BCUT2D eigenvalue weighted by Gasteiger charge is 2.15. The summed E-state index contributed by atoms with van der Waals surface area (Å²) in [6.45, 7) is 2.65. The molecule has 12 heavy (non-hydrogen) atoms. The molecule has 0 atom stereocenters. The van der Waals surface area contributed by atoms with Crippen molar-refractivity contribution in [3.8, 4) is 0 Å². The number of hydrogen-bond acceptors (Lipinski definition) is 4. The summed E-state index contributed by atoms with van der Waals surface area (Å²) in [7, 11) is 0. The summed E-state index contributed by atoms with van der Waals surface area (Å²) in [5.74, 6) is -2.56. The van der Waals surface area contributed by atoms with E-state index in [4.69, 9.17) is 15.3 Å². The summed E-state index contributed by atoms with van der Waals surface area (Å²) in [6, 6.07) is 0. The van der Waals surface area contributed by atoms with Gasteiger partial charge in [-0.2, -0.15) is 0 Å². The van der Waals surface area contributed by atoms with E-state index in [1.165, 1.54) is 12.8 Å². The minimum atomic E-state index is -2.56. The number of hydrogen-bond donors (Lipinski definition) is 4. The molecule has 74 valence electrons. The summed E-state index contributed by atoms with van der Waals surface area (Å²) < 4.78 is 0. The third-order valence-electron chi connectivity index (χ3n) is 1.57. The monoisotopic (exact) mass is 177 g/mol. The Kier molecular flexibility index (Phi) is 6.28. The van der Waals surface area contributed by atoms with Crippen molar-refractivity contribution in [2.24, 2.45) is 0 Å². The van der Waals surface area contributed by atoms with Gasteiger partial charge >= 0.3 is 0 Å². The Bertz CT molecular complexity index is 101. The zero-order chi connectivity index (χ0) is 9.45. The fourth-order valence-electron chi connectivity index (χ4n) is 0.933. The highest BCUT2D eigenvalue weighted by atomic mass is 16.7. The van der Waals surface area contributed by atoms with E-state index in [1.807, 2.05) is 0 Å². The molecule has 0 amide bonds. The summed E-state index contributed by atoms with van der Waals surface area (Å²) in [5, 5.41) is 28.1. The van der Waals surface area contributed by atoms with Gasteiger partial charge in [0.05, 0.1) is 6.54 Å². The topological polar surface area (TPSA) is 72.7 Å². The van der Waals surface area contributed by atoms with Gasteiger partial charge in [0, 0.05) is 0 Å². The van der Waals surface area contributed by atoms with Crippen molar-refractivity contribution in [1.82, 2.24) is 5.32 Å². The van der Waals surface area contributed by atoms with Crippen molar-refractivity contribution < 1.29 is 15.3 Å². The highest BCUT2D eigenvalue weighted by molar-refractivity contribution is 4.53. The fraction of sp³-hybridized carbons (Fsp3) is 1.00. The number of nitrogens with one attached hydrogen (secondary N) is 1. The number of rotatable bonds is 7. The van der Waals surface area contributed by atoms with Gasteiger partial charge in [-0.05, 0) is 13.0 Å². The average molecular weight is 177 g/mol. The van der Waals surface area contributed by atoms with Crippen LogP contribution < -0.4 is 5.32 Å². The molecule has 0 fully saturated rings. The van der Waals surface area contributed by atoms with Gasteiger partial charge in [-0.3, -0.25) is 0 Å². The van der Waals surface area contributed by atoms with Crippen LogP contribution in [0.15, 0.2) is 0 Å². The standard InChI is InChI=1S/C8H19NO3/c1-2-3-4-5-6-9-7-8(10,11)12/h9-12H,2-7H2,1H3.